The molecule has 2 heteroatoms. The molecule has 1 aromatic rings. The maximum atomic E-state index is 3.57. The zero-order chi connectivity index (χ0) is 10.1. The van der Waals surface area contributed by atoms with E-state index in [4.69, 9.17) is 0 Å². The van der Waals surface area contributed by atoms with Crippen molar-refractivity contribution >= 4 is 11.4 Å². The van der Waals surface area contributed by atoms with Gasteiger partial charge in [0.25, 0.3) is 0 Å². The molecule has 0 radical (unpaired) electrons. The van der Waals surface area contributed by atoms with Gasteiger partial charge in [0, 0.05) is 12.6 Å². The molecule has 0 spiro atoms. The fraction of sp³-hybridized carbons (Fsp3) is 0.500. The molecule has 1 unspecified atom stereocenters. The van der Waals surface area contributed by atoms with Gasteiger partial charge >= 0.3 is 0 Å². The van der Waals surface area contributed by atoms with Gasteiger partial charge in [-0.05, 0) is 24.5 Å². The number of hydrogen-bond acceptors (Lipinski definition) is 2. The van der Waals surface area contributed by atoms with E-state index in [0.717, 1.165) is 6.54 Å². The molecule has 1 atom stereocenters. The summed E-state index contributed by atoms with van der Waals surface area (Å²) in [6.45, 7) is 7.67. The van der Waals surface area contributed by atoms with E-state index in [9.17, 15) is 0 Å². The predicted molar refractivity (Wildman–Crippen MR) is 61.9 cm³/mol. The summed E-state index contributed by atoms with van der Waals surface area (Å²) < 4.78 is 0. The molecule has 14 heavy (non-hydrogen) atoms. The molecule has 0 amide bonds. The van der Waals surface area contributed by atoms with Crippen LogP contribution in [0.3, 0.4) is 0 Å². The topological polar surface area (TPSA) is 24.1 Å². The van der Waals surface area contributed by atoms with Crippen molar-refractivity contribution in [1.82, 2.24) is 0 Å². The molecule has 1 aliphatic heterocycles. The van der Waals surface area contributed by atoms with Crippen LogP contribution in [0.4, 0.5) is 11.4 Å². The van der Waals surface area contributed by atoms with Crippen LogP contribution in [-0.4, -0.2) is 12.6 Å². The first-order valence-electron chi connectivity index (χ1n) is 5.28. The number of nitrogens with one attached hydrogen (secondary N) is 2. The molecule has 2 nitrogen and oxygen atoms in total. The molecule has 0 saturated carbocycles. The van der Waals surface area contributed by atoms with Crippen LogP contribution >= 0.6 is 0 Å². The van der Waals surface area contributed by atoms with Gasteiger partial charge < -0.3 is 10.6 Å². The van der Waals surface area contributed by atoms with E-state index >= 15 is 0 Å². The number of benzene rings is 1. The monoisotopic (exact) mass is 190 g/mol. The second kappa shape index (κ2) is 3.52. The van der Waals surface area contributed by atoms with E-state index in [1.54, 1.807) is 0 Å². The number of fused-ring (bicyclic) bond motifs is 1. The minimum absolute atomic E-state index is 0.546. The average molecular weight is 190 g/mol. The molecule has 76 valence electrons. The van der Waals surface area contributed by atoms with Crippen LogP contribution in [0.5, 0.6) is 0 Å². The summed E-state index contributed by atoms with van der Waals surface area (Å²) in [5.41, 5.74) is 3.83. The lowest BCUT2D eigenvalue weighted by Gasteiger charge is -2.31. The lowest BCUT2D eigenvalue weighted by Crippen LogP contribution is -2.37. The van der Waals surface area contributed by atoms with Gasteiger partial charge in [-0.15, -0.1) is 0 Å². The van der Waals surface area contributed by atoms with Gasteiger partial charge in [0.1, 0.15) is 0 Å². The molecule has 0 aliphatic carbocycles. The lowest BCUT2D eigenvalue weighted by atomic mass is 10.00. The fourth-order valence-corrected chi connectivity index (χ4v) is 1.89. The third-order valence-corrected chi connectivity index (χ3v) is 2.92. The lowest BCUT2D eigenvalue weighted by molar-refractivity contribution is 0.536. The Balaban J connectivity index is 2.27. The molecule has 0 saturated heterocycles. The summed E-state index contributed by atoms with van der Waals surface area (Å²) in [6.07, 6.45) is 0. The highest BCUT2D eigenvalue weighted by molar-refractivity contribution is 5.74. The molecule has 1 aromatic carbocycles. The highest BCUT2D eigenvalue weighted by atomic mass is 15.1. The number of para-hydroxylation sites is 1. The zero-order valence-electron chi connectivity index (χ0n) is 9.09. The summed E-state index contributed by atoms with van der Waals surface area (Å²) in [4.78, 5) is 0. The van der Waals surface area contributed by atoms with Gasteiger partial charge in [0.15, 0.2) is 0 Å². The summed E-state index contributed by atoms with van der Waals surface area (Å²) >= 11 is 0. The Hall–Kier alpha value is -1.18. The van der Waals surface area contributed by atoms with Gasteiger partial charge in [-0.3, -0.25) is 0 Å². The van der Waals surface area contributed by atoms with Crippen molar-refractivity contribution in [2.45, 2.75) is 26.8 Å². The molecule has 1 heterocycles. The minimum atomic E-state index is 0.546. The van der Waals surface area contributed by atoms with Crippen LogP contribution < -0.4 is 10.6 Å². The summed E-state index contributed by atoms with van der Waals surface area (Å²) in [5.74, 6) is 0.663. The number of aryl methyl sites for hydroxylation is 1. The summed E-state index contributed by atoms with van der Waals surface area (Å²) in [7, 11) is 0. The molecule has 1 aliphatic rings. The Morgan fingerprint density at radius 3 is 2.86 bits per heavy atom. The first kappa shape index (κ1) is 9.38. The van der Waals surface area contributed by atoms with Gasteiger partial charge in [0.05, 0.1) is 11.4 Å². The summed E-state index contributed by atoms with van der Waals surface area (Å²) in [6, 6.07) is 6.93. The molecule has 2 rings (SSSR count). The van der Waals surface area contributed by atoms with E-state index in [2.05, 4.69) is 49.6 Å². The Kier molecular flexibility index (Phi) is 2.36. The number of anilines is 2. The van der Waals surface area contributed by atoms with Crippen LogP contribution in [0.25, 0.3) is 0 Å². The van der Waals surface area contributed by atoms with Gasteiger partial charge in [-0.25, -0.2) is 0 Å². The quantitative estimate of drug-likeness (QED) is 0.711. The molecule has 2 N–H and O–H groups in total. The maximum absolute atomic E-state index is 3.57. The van der Waals surface area contributed by atoms with E-state index in [-0.39, 0.29) is 0 Å². The van der Waals surface area contributed by atoms with Crippen molar-refractivity contribution in [3.05, 3.63) is 23.8 Å². The van der Waals surface area contributed by atoms with Crippen LogP contribution in [0, 0.1) is 12.8 Å². The van der Waals surface area contributed by atoms with Gasteiger partial charge in [-0.1, -0.05) is 26.0 Å². The Morgan fingerprint density at radius 1 is 1.36 bits per heavy atom. The van der Waals surface area contributed by atoms with E-state index in [1.807, 2.05) is 0 Å². The smallest absolute Gasteiger partial charge is 0.0606 e. The molecule has 0 fully saturated rings. The number of hydrogen-bond donors (Lipinski definition) is 2. The van der Waals surface area contributed by atoms with Gasteiger partial charge in [0.2, 0.25) is 0 Å². The van der Waals surface area contributed by atoms with Crippen LogP contribution in [0.2, 0.25) is 0 Å². The third-order valence-electron chi connectivity index (χ3n) is 2.92. The van der Waals surface area contributed by atoms with Crippen molar-refractivity contribution in [3.63, 3.8) is 0 Å². The highest BCUT2D eigenvalue weighted by Crippen LogP contribution is 2.30. The standard InChI is InChI=1S/C12H18N2/c1-8(2)11-7-13-12-9(3)5-4-6-10(12)14-11/h4-6,8,11,13-14H,7H2,1-3H3. The van der Waals surface area contributed by atoms with Crippen molar-refractivity contribution in [3.8, 4) is 0 Å². The van der Waals surface area contributed by atoms with Crippen LogP contribution in [0.15, 0.2) is 18.2 Å². The third kappa shape index (κ3) is 1.57. The second-order valence-electron chi connectivity index (χ2n) is 4.37. The zero-order valence-corrected chi connectivity index (χ0v) is 9.09. The Labute approximate surface area is 85.7 Å². The SMILES string of the molecule is Cc1cccc2c1NCC(C(C)C)N2. The molecular weight excluding hydrogens is 172 g/mol. The largest absolute Gasteiger partial charge is 0.381 e. The van der Waals surface area contributed by atoms with Gasteiger partial charge in [-0.2, -0.15) is 0 Å². The predicted octanol–water partition coefficient (Wildman–Crippen LogP) is 2.86. The molecular formula is C12H18N2. The second-order valence-corrected chi connectivity index (χ2v) is 4.37. The van der Waals surface area contributed by atoms with Crippen LogP contribution in [0.1, 0.15) is 19.4 Å². The first-order valence-corrected chi connectivity index (χ1v) is 5.28. The Morgan fingerprint density at radius 2 is 2.14 bits per heavy atom. The maximum Gasteiger partial charge on any atom is 0.0606 e. The van der Waals surface area contributed by atoms with Crippen molar-refractivity contribution in [2.24, 2.45) is 5.92 Å². The Bertz CT molecular complexity index is 331. The van der Waals surface area contributed by atoms with E-state index in [0.29, 0.717) is 12.0 Å². The normalized spacial score (nSPS) is 19.9. The minimum Gasteiger partial charge on any atom is -0.381 e. The fourth-order valence-electron chi connectivity index (χ4n) is 1.89. The van der Waals surface area contributed by atoms with Crippen LogP contribution in [-0.2, 0) is 0 Å². The average Bonchev–Trinajstić information content (AvgIpc) is 2.17. The first-order chi connectivity index (χ1) is 6.68. The number of rotatable bonds is 1. The highest BCUT2D eigenvalue weighted by Gasteiger charge is 2.20. The van der Waals surface area contributed by atoms with Crippen molar-refractivity contribution in [1.29, 1.82) is 0 Å². The van der Waals surface area contributed by atoms with Crippen molar-refractivity contribution < 1.29 is 0 Å². The molecule has 0 aromatic heterocycles. The summed E-state index contributed by atoms with van der Waals surface area (Å²) in [5, 5.41) is 7.07. The van der Waals surface area contributed by atoms with E-state index in [1.165, 1.54) is 16.9 Å². The molecule has 0 bridgehead atoms. The van der Waals surface area contributed by atoms with E-state index < -0.39 is 0 Å². The van der Waals surface area contributed by atoms with Crippen molar-refractivity contribution in [2.75, 3.05) is 17.2 Å².